The van der Waals surface area contributed by atoms with Crippen molar-refractivity contribution in [2.75, 3.05) is 20.1 Å². The highest BCUT2D eigenvalue weighted by molar-refractivity contribution is 5.12. The summed E-state index contributed by atoms with van der Waals surface area (Å²) in [5, 5.41) is 0. The maximum absolute atomic E-state index is 6.02. The van der Waals surface area contributed by atoms with Crippen LogP contribution >= 0.6 is 0 Å². The van der Waals surface area contributed by atoms with E-state index in [1.54, 1.807) is 0 Å². The molecule has 2 heterocycles. The summed E-state index contributed by atoms with van der Waals surface area (Å²) in [7, 11) is 2.18. The van der Waals surface area contributed by atoms with Crippen molar-refractivity contribution in [3.8, 4) is 0 Å². The van der Waals surface area contributed by atoms with Gasteiger partial charge in [-0.25, -0.2) is 4.98 Å². The number of imidazole rings is 1. The summed E-state index contributed by atoms with van der Waals surface area (Å²) in [6.45, 7) is 6.30. The van der Waals surface area contributed by atoms with Gasteiger partial charge in [-0.15, -0.1) is 0 Å². The molecular weight excluding hydrogens is 200 g/mol. The first-order valence-electron chi connectivity index (χ1n) is 5.99. The smallest absolute Gasteiger partial charge is 0.125 e. The SMILES string of the molecule is CN1CCC(c2cnc(C(C)(C)N)[nH]2)CC1. The Labute approximate surface area is 97.2 Å². The Hall–Kier alpha value is -0.870. The lowest BCUT2D eigenvalue weighted by atomic mass is 9.94. The number of rotatable bonds is 2. The second kappa shape index (κ2) is 4.18. The summed E-state index contributed by atoms with van der Waals surface area (Å²) >= 11 is 0. The first kappa shape index (κ1) is 11.6. The van der Waals surface area contributed by atoms with Gasteiger partial charge in [-0.3, -0.25) is 0 Å². The number of H-pyrrole nitrogens is 1. The molecule has 4 heteroatoms. The summed E-state index contributed by atoms with van der Waals surface area (Å²) in [6.07, 6.45) is 4.38. The third-order valence-electron chi connectivity index (χ3n) is 3.36. The molecule has 1 aromatic heterocycles. The molecule has 0 amide bonds. The average molecular weight is 222 g/mol. The maximum atomic E-state index is 6.02. The standard InChI is InChI=1S/C12H22N4/c1-12(2,13)11-14-8-10(15-11)9-4-6-16(3)7-5-9/h8-9H,4-7,13H2,1-3H3,(H,14,15). The number of hydrogen-bond acceptors (Lipinski definition) is 3. The van der Waals surface area contributed by atoms with Gasteiger partial charge in [-0.1, -0.05) is 0 Å². The second-order valence-electron chi connectivity index (χ2n) is 5.49. The van der Waals surface area contributed by atoms with Crippen LogP contribution in [0.4, 0.5) is 0 Å². The quantitative estimate of drug-likeness (QED) is 0.795. The number of hydrogen-bond donors (Lipinski definition) is 2. The topological polar surface area (TPSA) is 57.9 Å². The summed E-state index contributed by atoms with van der Waals surface area (Å²) < 4.78 is 0. The zero-order valence-electron chi connectivity index (χ0n) is 10.5. The molecule has 1 aliphatic heterocycles. The fourth-order valence-corrected chi connectivity index (χ4v) is 2.19. The molecule has 0 radical (unpaired) electrons. The Morgan fingerprint density at radius 1 is 1.44 bits per heavy atom. The molecule has 0 aromatic carbocycles. The van der Waals surface area contributed by atoms with Gasteiger partial charge in [0.1, 0.15) is 5.82 Å². The first-order valence-corrected chi connectivity index (χ1v) is 5.99. The highest BCUT2D eigenvalue weighted by Crippen LogP contribution is 2.27. The Bertz CT molecular complexity index is 342. The van der Waals surface area contributed by atoms with Crippen LogP contribution in [0.2, 0.25) is 0 Å². The highest BCUT2D eigenvalue weighted by Gasteiger charge is 2.23. The number of aromatic nitrogens is 2. The molecule has 1 aliphatic rings. The van der Waals surface area contributed by atoms with Gasteiger partial charge in [-0.2, -0.15) is 0 Å². The van der Waals surface area contributed by atoms with E-state index in [1.165, 1.54) is 31.6 Å². The van der Waals surface area contributed by atoms with Gasteiger partial charge in [0, 0.05) is 17.8 Å². The van der Waals surface area contributed by atoms with Crippen molar-refractivity contribution < 1.29 is 0 Å². The Balaban J connectivity index is 2.08. The highest BCUT2D eigenvalue weighted by atomic mass is 15.1. The molecule has 16 heavy (non-hydrogen) atoms. The fraction of sp³-hybridized carbons (Fsp3) is 0.750. The van der Waals surface area contributed by atoms with Crippen molar-refractivity contribution in [3.05, 3.63) is 17.7 Å². The van der Waals surface area contributed by atoms with Crippen molar-refractivity contribution in [3.63, 3.8) is 0 Å². The van der Waals surface area contributed by atoms with Crippen LogP contribution in [0.1, 0.15) is 44.1 Å². The van der Waals surface area contributed by atoms with E-state index in [0.29, 0.717) is 5.92 Å². The Kier molecular flexibility index (Phi) is 3.04. The summed E-state index contributed by atoms with van der Waals surface area (Å²) in [5.41, 5.74) is 6.90. The predicted molar refractivity (Wildman–Crippen MR) is 65.3 cm³/mol. The lowest BCUT2D eigenvalue weighted by Crippen LogP contribution is -2.31. The Morgan fingerprint density at radius 2 is 2.06 bits per heavy atom. The lowest BCUT2D eigenvalue weighted by molar-refractivity contribution is 0.253. The lowest BCUT2D eigenvalue weighted by Gasteiger charge is -2.28. The number of piperidine rings is 1. The van der Waals surface area contributed by atoms with Crippen molar-refractivity contribution in [1.29, 1.82) is 0 Å². The van der Waals surface area contributed by atoms with E-state index in [0.717, 1.165) is 5.82 Å². The van der Waals surface area contributed by atoms with E-state index in [9.17, 15) is 0 Å². The van der Waals surface area contributed by atoms with Crippen LogP contribution in [0.25, 0.3) is 0 Å². The zero-order valence-corrected chi connectivity index (χ0v) is 10.5. The molecule has 0 unspecified atom stereocenters. The molecule has 0 spiro atoms. The van der Waals surface area contributed by atoms with E-state index >= 15 is 0 Å². The van der Waals surface area contributed by atoms with Crippen LogP contribution in [-0.4, -0.2) is 35.0 Å². The van der Waals surface area contributed by atoms with Crippen molar-refractivity contribution in [2.45, 2.75) is 38.1 Å². The average Bonchev–Trinajstić information content (AvgIpc) is 2.67. The first-order chi connectivity index (χ1) is 7.47. The van der Waals surface area contributed by atoms with E-state index in [1.807, 2.05) is 20.0 Å². The van der Waals surface area contributed by atoms with Crippen molar-refractivity contribution in [1.82, 2.24) is 14.9 Å². The molecule has 1 saturated heterocycles. The van der Waals surface area contributed by atoms with Gasteiger partial charge >= 0.3 is 0 Å². The Morgan fingerprint density at radius 3 is 2.56 bits per heavy atom. The zero-order chi connectivity index (χ0) is 11.8. The summed E-state index contributed by atoms with van der Waals surface area (Å²) in [6, 6.07) is 0. The molecular formula is C12H22N4. The van der Waals surface area contributed by atoms with Gasteiger partial charge in [0.2, 0.25) is 0 Å². The number of nitrogens with one attached hydrogen (secondary N) is 1. The molecule has 90 valence electrons. The van der Waals surface area contributed by atoms with Gasteiger partial charge in [0.05, 0.1) is 5.54 Å². The van der Waals surface area contributed by atoms with E-state index < -0.39 is 0 Å². The minimum Gasteiger partial charge on any atom is -0.344 e. The second-order valence-corrected chi connectivity index (χ2v) is 5.49. The van der Waals surface area contributed by atoms with Gasteiger partial charge in [0.25, 0.3) is 0 Å². The summed E-state index contributed by atoms with van der Waals surface area (Å²) in [4.78, 5) is 10.1. The van der Waals surface area contributed by atoms with Gasteiger partial charge in [-0.05, 0) is 46.8 Å². The van der Waals surface area contributed by atoms with E-state index in [-0.39, 0.29) is 5.54 Å². The van der Waals surface area contributed by atoms with Crippen LogP contribution in [0.15, 0.2) is 6.20 Å². The number of nitrogens with zero attached hydrogens (tertiary/aromatic N) is 2. The van der Waals surface area contributed by atoms with Crippen LogP contribution in [0, 0.1) is 0 Å². The monoisotopic (exact) mass is 222 g/mol. The largest absolute Gasteiger partial charge is 0.344 e. The maximum Gasteiger partial charge on any atom is 0.125 e. The molecule has 3 N–H and O–H groups in total. The molecule has 1 aromatic rings. The van der Waals surface area contributed by atoms with Crippen molar-refractivity contribution in [2.24, 2.45) is 5.73 Å². The molecule has 0 atom stereocenters. The van der Waals surface area contributed by atoms with Crippen LogP contribution in [-0.2, 0) is 5.54 Å². The van der Waals surface area contributed by atoms with Gasteiger partial charge < -0.3 is 15.6 Å². The third-order valence-corrected chi connectivity index (χ3v) is 3.36. The van der Waals surface area contributed by atoms with E-state index in [4.69, 9.17) is 5.73 Å². The molecule has 4 nitrogen and oxygen atoms in total. The number of aromatic amines is 1. The van der Waals surface area contributed by atoms with Crippen LogP contribution < -0.4 is 5.73 Å². The van der Waals surface area contributed by atoms with Crippen LogP contribution in [0.5, 0.6) is 0 Å². The normalized spacial score (nSPS) is 20.2. The molecule has 1 fully saturated rings. The van der Waals surface area contributed by atoms with Gasteiger partial charge in [0.15, 0.2) is 0 Å². The van der Waals surface area contributed by atoms with Crippen LogP contribution in [0.3, 0.4) is 0 Å². The molecule has 0 saturated carbocycles. The molecule has 0 aliphatic carbocycles. The number of nitrogens with two attached hydrogens (primary N) is 1. The van der Waals surface area contributed by atoms with Crippen molar-refractivity contribution >= 4 is 0 Å². The van der Waals surface area contributed by atoms with E-state index in [2.05, 4.69) is 21.9 Å². The number of likely N-dealkylation sites (tertiary alicyclic amines) is 1. The minimum atomic E-state index is -0.371. The predicted octanol–water partition coefficient (Wildman–Crippen LogP) is 1.41. The minimum absolute atomic E-state index is 0.371. The molecule has 2 rings (SSSR count). The summed E-state index contributed by atoms with van der Waals surface area (Å²) in [5.74, 6) is 1.52. The molecule has 0 bridgehead atoms. The third kappa shape index (κ3) is 2.44. The fourth-order valence-electron chi connectivity index (χ4n) is 2.19.